The standard InChI is InChI=1S/C24H21ClN2OS/c1-18(26-21-14-12-20(25)13-15-21)16-23-27(22-10-6-3-7-11-22)24(28,17-29-23)19-8-4-2-5-9-19/h2-16,28H,17H2,1H3/b23-16-,26-18?/t24-/m0/s1. The summed E-state index contributed by atoms with van der Waals surface area (Å²) < 4.78 is 0. The van der Waals surface area contributed by atoms with Crippen LogP contribution in [0.25, 0.3) is 0 Å². The number of allylic oxidation sites excluding steroid dienone is 1. The fraction of sp³-hybridized carbons (Fsp3) is 0.125. The van der Waals surface area contributed by atoms with Crippen LogP contribution in [0, 0.1) is 0 Å². The van der Waals surface area contributed by atoms with E-state index in [0.717, 1.165) is 27.7 Å². The molecule has 29 heavy (non-hydrogen) atoms. The van der Waals surface area contributed by atoms with E-state index in [1.54, 1.807) is 11.8 Å². The van der Waals surface area contributed by atoms with Crippen LogP contribution >= 0.6 is 23.4 Å². The van der Waals surface area contributed by atoms with Gasteiger partial charge in [-0.2, -0.15) is 0 Å². The maximum absolute atomic E-state index is 11.7. The van der Waals surface area contributed by atoms with Crippen molar-refractivity contribution >= 4 is 40.4 Å². The summed E-state index contributed by atoms with van der Waals surface area (Å²) in [7, 11) is 0. The van der Waals surface area contributed by atoms with Gasteiger partial charge in [0.05, 0.1) is 16.5 Å². The lowest BCUT2D eigenvalue weighted by atomic mass is 10.0. The third-order valence-corrected chi connectivity index (χ3v) is 6.12. The number of hydrogen-bond donors (Lipinski definition) is 1. The van der Waals surface area contributed by atoms with Crippen molar-refractivity contribution in [2.24, 2.45) is 4.99 Å². The molecule has 0 spiro atoms. The highest BCUT2D eigenvalue weighted by Crippen LogP contribution is 2.47. The predicted octanol–water partition coefficient (Wildman–Crippen LogP) is 6.37. The van der Waals surface area contributed by atoms with E-state index in [1.807, 2.05) is 103 Å². The minimum Gasteiger partial charge on any atom is -0.366 e. The van der Waals surface area contributed by atoms with Crippen LogP contribution in [0.15, 0.2) is 101 Å². The number of aliphatic hydroxyl groups is 1. The second-order valence-electron chi connectivity index (χ2n) is 6.85. The molecule has 1 heterocycles. The van der Waals surface area contributed by atoms with Crippen LogP contribution in [0.5, 0.6) is 0 Å². The Labute approximate surface area is 180 Å². The summed E-state index contributed by atoms with van der Waals surface area (Å²) in [6.07, 6.45) is 2.02. The average molecular weight is 421 g/mol. The fourth-order valence-electron chi connectivity index (χ4n) is 3.36. The molecule has 0 aliphatic carbocycles. The Hall–Kier alpha value is -2.53. The molecule has 0 radical (unpaired) electrons. The summed E-state index contributed by atoms with van der Waals surface area (Å²) in [4.78, 5) is 6.67. The van der Waals surface area contributed by atoms with E-state index in [2.05, 4.69) is 4.99 Å². The lowest BCUT2D eigenvalue weighted by Crippen LogP contribution is -2.42. The van der Waals surface area contributed by atoms with E-state index in [4.69, 9.17) is 11.6 Å². The van der Waals surface area contributed by atoms with Crippen LogP contribution in [0.4, 0.5) is 11.4 Å². The summed E-state index contributed by atoms with van der Waals surface area (Å²) in [6.45, 7) is 1.96. The zero-order valence-corrected chi connectivity index (χ0v) is 17.6. The van der Waals surface area contributed by atoms with Gasteiger partial charge in [0.15, 0.2) is 5.72 Å². The minimum atomic E-state index is -1.13. The summed E-state index contributed by atoms with van der Waals surface area (Å²) in [6, 6.07) is 27.2. The van der Waals surface area contributed by atoms with Gasteiger partial charge in [-0.3, -0.25) is 4.99 Å². The zero-order chi connectivity index (χ0) is 20.3. The molecule has 1 aliphatic heterocycles. The monoisotopic (exact) mass is 420 g/mol. The Morgan fingerprint density at radius 3 is 2.28 bits per heavy atom. The lowest BCUT2D eigenvalue weighted by molar-refractivity contribution is 0.0721. The number of thioether (sulfide) groups is 1. The first-order valence-electron chi connectivity index (χ1n) is 9.35. The quantitative estimate of drug-likeness (QED) is 0.498. The molecule has 1 N–H and O–H groups in total. The van der Waals surface area contributed by atoms with E-state index >= 15 is 0 Å². The third-order valence-electron chi connectivity index (χ3n) is 4.73. The van der Waals surface area contributed by atoms with Crippen LogP contribution in [0.3, 0.4) is 0 Å². The number of para-hydroxylation sites is 1. The van der Waals surface area contributed by atoms with Crippen molar-refractivity contribution in [2.45, 2.75) is 12.6 Å². The SMILES string of the molecule is CC(/C=C1\SC[C@](O)(c2ccccc2)N1c1ccccc1)=Nc1ccc(Cl)cc1. The van der Waals surface area contributed by atoms with Crippen molar-refractivity contribution in [2.75, 3.05) is 10.7 Å². The molecule has 3 nitrogen and oxygen atoms in total. The number of nitrogens with zero attached hydrogens (tertiary/aromatic N) is 2. The average Bonchev–Trinajstić information content (AvgIpc) is 3.08. The van der Waals surface area contributed by atoms with Gasteiger partial charge >= 0.3 is 0 Å². The van der Waals surface area contributed by atoms with Crippen molar-refractivity contribution in [1.29, 1.82) is 0 Å². The molecule has 3 aromatic rings. The Morgan fingerprint density at radius 2 is 1.62 bits per heavy atom. The Morgan fingerprint density at radius 1 is 1.00 bits per heavy atom. The molecule has 146 valence electrons. The topological polar surface area (TPSA) is 35.8 Å². The van der Waals surface area contributed by atoms with Gasteiger partial charge in [0, 0.05) is 22.0 Å². The summed E-state index contributed by atoms with van der Waals surface area (Å²) >= 11 is 7.59. The van der Waals surface area contributed by atoms with Gasteiger partial charge in [0.2, 0.25) is 0 Å². The van der Waals surface area contributed by atoms with Crippen LogP contribution in [-0.2, 0) is 5.72 Å². The fourth-order valence-corrected chi connectivity index (χ4v) is 4.77. The molecule has 0 aromatic heterocycles. The normalized spacial score (nSPS) is 21.0. The van der Waals surface area contributed by atoms with E-state index in [0.29, 0.717) is 10.8 Å². The van der Waals surface area contributed by atoms with Gasteiger partial charge in [-0.15, -0.1) is 11.8 Å². The second kappa shape index (κ2) is 8.46. The molecule has 1 fully saturated rings. The summed E-state index contributed by atoms with van der Waals surface area (Å²) in [5.74, 6) is 0.534. The summed E-state index contributed by atoms with van der Waals surface area (Å²) in [5.41, 5.74) is 2.38. The number of hydrogen-bond acceptors (Lipinski definition) is 4. The summed E-state index contributed by atoms with van der Waals surface area (Å²) in [5, 5.41) is 13.3. The first-order valence-corrected chi connectivity index (χ1v) is 10.7. The molecule has 4 rings (SSSR count). The van der Waals surface area contributed by atoms with Crippen molar-refractivity contribution in [3.63, 3.8) is 0 Å². The second-order valence-corrected chi connectivity index (χ2v) is 8.29. The van der Waals surface area contributed by atoms with Crippen molar-refractivity contribution in [3.05, 3.63) is 107 Å². The number of rotatable bonds is 4. The lowest BCUT2D eigenvalue weighted by Gasteiger charge is -2.35. The molecular formula is C24H21ClN2OS. The number of anilines is 1. The Bertz CT molecular complexity index is 1040. The highest BCUT2D eigenvalue weighted by Gasteiger charge is 2.44. The molecule has 0 saturated carbocycles. The van der Waals surface area contributed by atoms with Gasteiger partial charge < -0.3 is 10.0 Å². The van der Waals surface area contributed by atoms with Crippen LogP contribution in [0.1, 0.15) is 12.5 Å². The number of benzene rings is 3. The molecule has 1 saturated heterocycles. The first-order chi connectivity index (χ1) is 14.1. The predicted molar refractivity (Wildman–Crippen MR) is 124 cm³/mol. The maximum atomic E-state index is 11.7. The Kier molecular flexibility index (Phi) is 5.76. The Balaban J connectivity index is 1.74. The van der Waals surface area contributed by atoms with Crippen LogP contribution < -0.4 is 4.90 Å². The minimum absolute atomic E-state index is 0.534. The molecule has 1 aliphatic rings. The van der Waals surface area contributed by atoms with Gasteiger partial charge in [-0.05, 0) is 49.4 Å². The molecule has 0 unspecified atom stereocenters. The molecule has 0 amide bonds. The van der Waals surface area contributed by atoms with Gasteiger partial charge in [-0.1, -0.05) is 60.1 Å². The van der Waals surface area contributed by atoms with Gasteiger partial charge in [0.25, 0.3) is 0 Å². The van der Waals surface area contributed by atoms with Gasteiger partial charge in [-0.25, -0.2) is 0 Å². The third kappa shape index (κ3) is 4.25. The smallest absolute Gasteiger partial charge is 0.178 e. The van der Waals surface area contributed by atoms with Crippen molar-refractivity contribution in [3.8, 4) is 0 Å². The largest absolute Gasteiger partial charge is 0.366 e. The molecule has 3 aromatic carbocycles. The first kappa shape index (κ1) is 19.8. The molecular weight excluding hydrogens is 400 g/mol. The highest BCUT2D eigenvalue weighted by atomic mass is 35.5. The zero-order valence-electron chi connectivity index (χ0n) is 16.0. The van der Waals surface area contributed by atoms with E-state index in [-0.39, 0.29) is 0 Å². The van der Waals surface area contributed by atoms with Gasteiger partial charge in [0.1, 0.15) is 0 Å². The molecule has 1 atom stereocenters. The number of halogens is 1. The molecule has 0 bridgehead atoms. The molecule has 5 heteroatoms. The van der Waals surface area contributed by atoms with E-state index in [9.17, 15) is 5.11 Å². The van der Waals surface area contributed by atoms with Crippen molar-refractivity contribution in [1.82, 2.24) is 0 Å². The number of aliphatic imine (C=N–C) groups is 1. The van der Waals surface area contributed by atoms with E-state index in [1.165, 1.54) is 0 Å². The van der Waals surface area contributed by atoms with Crippen molar-refractivity contribution < 1.29 is 5.11 Å². The van der Waals surface area contributed by atoms with Crippen LogP contribution in [-0.4, -0.2) is 16.6 Å². The van der Waals surface area contributed by atoms with E-state index < -0.39 is 5.72 Å². The highest BCUT2D eigenvalue weighted by molar-refractivity contribution is 8.03. The van der Waals surface area contributed by atoms with Crippen LogP contribution in [0.2, 0.25) is 5.02 Å². The maximum Gasteiger partial charge on any atom is 0.178 e.